The molecule has 0 saturated heterocycles. The summed E-state index contributed by atoms with van der Waals surface area (Å²) in [6.07, 6.45) is 1.45. The zero-order chi connectivity index (χ0) is 8.81. The fourth-order valence-corrected chi connectivity index (χ4v) is 1.11. The van der Waals surface area contributed by atoms with Gasteiger partial charge in [-0.05, 0) is 24.3 Å². The van der Waals surface area contributed by atoms with Gasteiger partial charge < -0.3 is 4.74 Å². The van der Waals surface area contributed by atoms with Crippen LogP contribution >= 0.6 is 11.9 Å². The molecule has 0 aliphatic carbocycles. The molecule has 0 radical (unpaired) electrons. The third-order valence-corrected chi connectivity index (χ3v) is 1.90. The van der Waals surface area contributed by atoms with E-state index in [4.69, 9.17) is 4.74 Å². The molecule has 0 spiro atoms. The fraction of sp³-hybridized carbons (Fsp3) is 0.125. The third-order valence-electron chi connectivity index (χ3n) is 1.25. The van der Waals surface area contributed by atoms with Gasteiger partial charge in [-0.15, -0.1) is 4.40 Å². The minimum Gasteiger partial charge on any atom is -0.497 e. The van der Waals surface area contributed by atoms with Gasteiger partial charge in [0, 0.05) is 16.8 Å². The Morgan fingerprint density at radius 3 is 2.58 bits per heavy atom. The molecule has 0 saturated carbocycles. The Balaban J connectivity index is 2.70. The Morgan fingerprint density at radius 1 is 1.42 bits per heavy atom. The molecule has 0 atom stereocenters. The van der Waals surface area contributed by atoms with Gasteiger partial charge in [0.15, 0.2) is 0 Å². The molecule has 0 aromatic heterocycles. The van der Waals surface area contributed by atoms with Crippen LogP contribution in [0.15, 0.2) is 33.6 Å². The van der Waals surface area contributed by atoms with Gasteiger partial charge in [-0.1, -0.05) is 0 Å². The van der Waals surface area contributed by atoms with Crippen molar-refractivity contribution in [3.63, 3.8) is 0 Å². The summed E-state index contributed by atoms with van der Waals surface area (Å²) in [5, 5.41) is 0. The molecule has 0 bridgehead atoms. The highest BCUT2D eigenvalue weighted by Gasteiger charge is 1.92. The molecular formula is C8H7NO2S. The second-order valence-electron chi connectivity index (χ2n) is 1.95. The average molecular weight is 181 g/mol. The van der Waals surface area contributed by atoms with Crippen molar-refractivity contribution in [2.24, 2.45) is 4.40 Å². The Bertz CT molecular complexity index is 290. The van der Waals surface area contributed by atoms with Crippen LogP contribution < -0.4 is 4.74 Å². The molecule has 0 amide bonds. The van der Waals surface area contributed by atoms with Gasteiger partial charge in [0.1, 0.15) is 5.75 Å². The molecule has 62 valence electrons. The number of rotatable bonds is 3. The van der Waals surface area contributed by atoms with Crippen LogP contribution in [0.3, 0.4) is 0 Å². The van der Waals surface area contributed by atoms with Crippen LogP contribution in [0.5, 0.6) is 5.75 Å². The Kier molecular flexibility index (Phi) is 3.38. The summed E-state index contributed by atoms with van der Waals surface area (Å²) >= 11 is 1.09. The van der Waals surface area contributed by atoms with Gasteiger partial charge in [0.25, 0.3) is 0 Å². The molecule has 12 heavy (non-hydrogen) atoms. The van der Waals surface area contributed by atoms with Crippen LogP contribution in [0.25, 0.3) is 0 Å². The summed E-state index contributed by atoms with van der Waals surface area (Å²) in [5.74, 6) is 0.787. The highest BCUT2D eigenvalue weighted by atomic mass is 32.2. The summed E-state index contributed by atoms with van der Waals surface area (Å²) in [6, 6.07) is 7.26. The number of nitrogens with zero attached hydrogens (tertiary/aromatic N) is 1. The van der Waals surface area contributed by atoms with E-state index in [1.165, 1.54) is 6.08 Å². The molecule has 0 fully saturated rings. The normalized spacial score (nSPS) is 8.75. The van der Waals surface area contributed by atoms with Crippen LogP contribution in [0.4, 0.5) is 0 Å². The van der Waals surface area contributed by atoms with Crippen molar-refractivity contribution in [3.8, 4) is 5.75 Å². The van der Waals surface area contributed by atoms with Crippen molar-refractivity contribution in [1.29, 1.82) is 0 Å². The maximum atomic E-state index is 9.76. The Labute approximate surface area is 74.6 Å². The highest BCUT2D eigenvalue weighted by molar-refractivity contribution is 7.98. The van der Waals surface area contributed by atoms with Gasteiger partial charge in [0.2, 0.25) is 6.08 Å². The summed E-state index contributed by atoms with van der Waals surface area (Å²) in [5.41, 5.74) is 0. The van der Waals surface area contributed by atoms with Crippen LogP contribution in [-0.2, 0) is 4.79 Å². The summed E-state index contributed by atoms with van der Waals surface area (Å²) in [6.45, 7) is 0. The quantitative estimate of drug-likeness (QED) is 0.407. The second-order valence-corrected chi connectivity index (χ2v) is 2.79. The number of ether oxygens (including phenoxy) is 1. The first-order valence-electron chi connectivity index (χ1n) is 3.25. The first-order valence-corrected chi connectivity index (χ1v) is 4.02. The molecule has 0 N–H and O–H groups in total. The predicted molar refractivity (Wildman–Crippen MR) is 47.0 cm³/mol. The first kappa shape index (κ1) is 8.84. The lowest BCUT2D eigenvalue weighted by Crippen LogP contribution is -1.80. The number of hydrogen-bond acceptors (Lipinski definition) is 4. The Hall–Kier alpha value is -1.25. The van der Waals surface area contributed by atoms with E-state index in [2.05, 4.69) is 4.40 Å². The average Bonchev–Trinajstić information content (AvgIpc) is 2.15. The molecular weight excluding hydrogens is 174 g/mol. The molecule has 0 aliphatic heterocycles. The van der Waals surface area contributed by atoms with Gasteiger partial charge in [-0.25, -0.2) is 4.79 Å². The van der Waals surface area contributed by atoms with E-state index < -0.39 is 0 Å². The van der Waals surface area contributed by atoms with E-state index in [1.807, 2.05) is 24.3 Å². The molecule has 0 heterocycles. The van der Waals surface area contributed by atoms with Crippen molar-refractivity contribution in [2.45, 2.75) is 4.90 Å². The predicted octanol–water partition coefficient (Wildman–Crippen LogP) is 2.04. The topological polar surface area (TPSA) is 38.7 Å². The molecule has 3 nitrogen and oxygen atoms in total. The molecule has 1 aromatic rings. The molecule has 1 aromatic carbocycles. The van der Waals surface area contributed by atoms with Gasteiger partial charge in [-0.3, -0.25) is 0 Å². The van der Waals surface area contributed by atoms with Crippen molar-refractivity contribution in [3.05, 3.63) is 24.3 Å². The van der Waals surface area contributed by atoms with Gasteiger partial charge in [0.05, 0.1) is 7.11 Å². The lowest BCUT2D eigenvalue weighted by molar-refractivity contribution is 0.414. The van der Waals surface area contributed by atoms with E-state index in [-0.39, 0.29) is 0 Å². The zero-order valence-corrected chi connectivity index (χ0v) is 7.30. The fourth-order valence-electron chi connectivity index (χ4n) is 0.708. The van der Waals surface area contributed by atoms with Crippen LogP contribution in [0.1, 0.15) is 0 Å². The lowest BCUT2D eigenvalue weighted by atomic mass is 10.3. The molecule has 0 unspecified atom stereocenters. The van der Waals surface area contributed by atoms with E-state index >= 15 is 0 Å². The largest absolute Gasteiger partial charge is 0.497 e. The smallest absolute Gasteiger partial charge is 0.247 e. The number of benzene rings is 1. The minimum atomic E-state index is 0.787. The second kappa shape index (κ2) is 4.59. The monoisotopic (exact) mass is 181 g/mol. The van der Waals surface area contributed by atoms with Gasteiger partial charge in [-0.2, -0.15) is 0 Å². The molecule has 1 rings (SSSR count). The summed E-state index contributed by atoms with van der Waals surface area (Å²) in [4.78, 5) is 10.7. The number of isocyanates is 1. The van der Waals surface area contributed by atoms with Crippen molar-refractivity contribution < 1.29 is 9.53 Å². The third kappa shape index (κ3) is 2.42. The van der Waals surface area contributed by atoms with E-state index in [1.54, 1.807) is 7.11 Å². The number of methoxy groups -OCH3 is 1. The van der Waals surface area contributed by atoms with E-state index in [0.29, 0.717) is 0 Å². The molecule has 4 heteroatoms. The van der Waals surface area contributed by atoms with E-state index in [9.17, 15) is 4.79 Å². The summed E-state index contributed by atoms with van der Waals surface area (Å²) < 4.78 is 8.32. The Morgan fingerprint density at radius 2 is 2.08 bits per heavy atom. The van der Waals surface area contributed by atoms with Crippen LogP contribution in [0, 0.1) is 0 Å². The van der Waals surface area contributed by atoms with Crippen molar-refractivity contribution in [1.82, 2.24) is 0 Å². The minimum absolute atomic E-state index is 0.787. The van der Waals surface area contributed by atoms with Crippen molar-refractivity contribution in [2.75, 3.05) is 7.11 Å². The maximum Gasteiger partial charge on any atom is 0.247 e. The lowest BCUT2D eigenvalue weighted by Gasteiger charge is -1.98. The van der Waals surface area contributed by atoms with Crippen LogP contribution in [0.2, 0.25) is 0 Å². The SMILES string of the molecule is COc1ccc(SN=C=O)cc1. The zero-order valence-electron chi connectivity index (χ0n) is 6.48. The van der Waals surface area contributed by atoms with Crippen molar-refractivity contribution >= 4 is 18.0 Å². The molecule has 0 aliphatic rings. The summed E-state index contributed by atoms with van der Waals surface area (Å²) in [7, 11) is 1.60. The van der Waals surface area contributed by atoms with Gasteiger partial charge >= 0.3 is 0 Å². The highest BCUT2D eigenvalue weighted by Crippen LogP contribution is 2.21. The number of hydrogen-bond donors (Lipinski definition) is 0. The van der Waals surface area contributed by atoms with Crippen LogP contribution in [-0.4, -0.2) is 13.2 Å². The van der Waals surface area contributed by atoms with E-state index in [0.717, 1.165) is 22.6 Å². The standard InChI is InChI=1S/C8H7NO2S/c1-11-7-2-4-8(5-3-7)12-9-6-10/h2-5H,1H3. The first-order chi connectivity index (χ1) is 5.86. The number of carbonyl (C=O) groups excluding carboxylic acids is 1. The maximum absolute atomic E-state index is 9.76.